The molecule has 1 amide bonds. The van der Waals surface area contributed by atoms with Crippen molar-refractivity contribution in [2.75, 3.05) is 10.6 Å². The molecular formula is C18H16ClN3O. The lowest BCUT2D eigenvalue weighted by Crippen LogP contribution is -2.31. The number of rotatable bonds is 4. The number of carbonyl (C=O) groups excluding carboxylic acids is 1. The number of para-hydroxylation sites is 1. The van der Waals surface area contributed by atoms with E-state index in [9.17, 15) is 4.79 Å². The van der Waals surface area contributed by atoms with Crippen molar-refractivity contribution < 1.29 is 4.79 Å². The third kappa shape index (κ3) is 3.60. The van der Waals surface area contributed by atoms with E-state index in [-0.39, 0.29) is 5.91 Å². The van der Waals surface area contributed by atoms with Crippen LogP contribution < -0.4 is 10.6 Å². The van der Waals surface area contributed by atoms with Crippen molar-refractivity contribution in [2.45, 2.75) is 13.0 Å². The lowest BCUT2D eigenvalue weighted by Gasteiger charge is -2.16. The summed E-state index contributed by atoms with van der Waals surface area (Å²) in [6.45, 7) is 1.82. The molecule has 0 saturated heterocycles. The molecule has 0 fully saturated rings. The molecule has 0 aliphatic heterocycles. The van der Waals surface area contributed by atoms with Crippen LogP contribution in [0.3, 0.4) is 0 Å². The smallest absolute Gasteiger partial charge is 0.246 e. The van der Waals surface area contributed by atoms with Gasteiger partial charge >= 0.3 is 0 Å². The Balaban J connectivity index is 1.77. The first-order valence-corrected chi connectivity index (χ1v) is 7.68. The molecule has 4 nitrogen and oxygen atoms in total. The summed E-state index contributed by atoms with van der Waals surface area (Å²) < 4.78 is 0. The van der Waals surface area contributed by atoms with Crippen LogP contribution in [0.4, 0.5) is 11.4 Å². The van der Waals surface area contributed by atoms with Crippen molar-refractivity contribution in [3.8, 4) is 0 Å². The van der Waals surface area contributed by atoms with E-state index in [1.165, 1.54) is 0 Å². The largest absolute Gasteiger partial charge is 0.373 e. The topological polar surface area (TPSA) is 54.0 Å². The minimum absolute atomic E-state index is 0.102. The average Bonchev–Trinajstić information content (AvgIpc) is 2.55. The minimum Gasteiger partial charge on any atom is -0.373 e. The molecule has 0 aliphatic carbocycles. The highest BCUT2D eigenvalue weighted by atomic mass is 35.5. The summed E-state index contributed by atoms with van der Waals surface area (Å²) in [7, 11) is 0. The monoisotopic (exact) mass is 325 g/mol. The predicted octanol–water partition coefficient (Wildman–Crippen LogP) is 4.33. The summed E-state index contributed by atoms with van der Waals surface area (Å²) in [6.07, 6.45) is 1.70. The lowest BCUT2D eigenvalue weighted by atomic mass is 10.1. The number of anilines is 2. The molecule has 1 aromatic heterocycles. The number of nitrogens with zero attached hydrogens (tertiary/aromatic N) is 1. The summed E-state index contributed by atoms with van der Waals surface area (Å²) in [4.78, 5) is 16.6. The van der Waals surface area contributed by atoms with Crippen LogP contribution >= 0.6 is 11.6 Å². The molecule has 0 saturated carbocycles. The first-order chi connectivity index (χ1) is 11.1. The van der Waals surface area contributed by atoms with E-state index in [1.54, 1.807) is 12.3 Å². The van der Waals surface area contributed by atoms with Crippen molar-refractivity contribution in [3.05, 3.63) is 65.8 Å². The highest BCUT2D eigenvalue weighted by molar-refractivity contribution is 6.31. The van der Waals surface area contributed by atoms with Crippen molar-refractivity contribution in [1.29, 1.82) is 0 Å². The number of aromatic nitrogens is 1. The Morgan fingerprint density at radius 2 is 1.91 bits per heavy atom. The maximum absolute atomic E-state index is 12.3. The summed E-state index contributed by atoms with van der Waals surface area (Å²) in [5.41, 5.74) is 2.41. The number of hydrogen-bond donors (Lipinski definition) is 2. The van der Waals surface area contributed by atoms with Crippen molar-refractivity contribution in [2.24, 2.45) is 0 Å². The van der Waals surface area contributed by atoms with Gasteiger partial charge in [0.1, 0.15) is 6.04 Å². The molecule has 3 rings (SSSR count). The van der Waals surface area contributed by atoms with Gasteiger partial charge in [0.2, 0.25) is 5.91 Å². The number of amides is 1. The van der Waals surface area contributed by atoms with E-state index in [1.807, 2.05) is 55.5 Å². The molecule has 1 heterocycles. The van der Waals surface area contributed by atoms with Gasteiger partial charge in [0.15, 0.2) is 0 Å². The maximum Gasteiger partial charge on any atom is 0.246 e. The van der Waals surface area contributed by atoms with Crippen LogP contribution in [0.2, 0.25) is 5.02 Å². The Morgan fingerprint density at radius 1 is 1.13 bits per heavy atom. The fourth-order valence-electron chi connectivity index (χ4n) is 2.32. The summed E-state index contributed by atoms with van der Waals surface area (Å²) in [5.74, 6) is -0.102. The zero-order chi connectivity index (χ0) is 16.2. The van der Waals surface area contributed by atoms with Gasteiger partial charge in [-0.15, -0.1) is 0 Å². The van der Waals surface area contributed by atoms with Gasteiger partial charge in [-0.1, -0.05) is 29.8 Å². The van der Waals surface area contributed by atoms with Gasteiger partial charge < -0.3 is 10.6 Å². The van der Waals surface area contributed by atoms with Gasteiger partial charge in [0, 0.05) is 28.0 Å². The Kier molecular flexibility index (Phi) is 4.44. The van der Waals surface area contributed by atoms with E-state index in [0.717, 1.165) is 22.3 Å². The quantitative estimate of drug-likeness (QED) is 0.750. The number of hydrogen-bond acceptors (Lipinski definition) is 3. The zero-order valence-electron chi connectivity index (χ0n) is 12.6. The maximum atomic E-state index is 12.3. The van der Waals surface area contributed by atoms with Crippen LogP contribution in [0, 0.1) is 0 Å². The minimum atomic E-state index is -0.392. The van der Waals surface area contributed by atoms with Gasteiger partial charge in [-0.2, -0.15) is 0 Å². The van der Waals surface area contributed by atoms with E-state index in [4.69, 9.17) is 11.6 Å². The summed E-state index contributed by atoms with van der Waals surface area (Å²) >= 11 is 5.99. The average molecular weight is 326 g/mol. The Morgan fingerprint density at radius 3 is 2.70 bits per heavy atom. The second-order valence-corrected chi connectivity index (χ2v) is 5.68. The van der Waals surface area contributed by atoms with Crippen molar-refractivity contribution in [3.63, 3.8) is 0 Å². The Bertz CT molecular complexity index is 836. The van der Waals surface area contributed by atoms with Crippen LogP contribution in [-0.2, 0) is 4.79 Å². The second-order valence-electron chi connectivity index (χ2n) is 5.24. The van der Waals surface area contributed by atoms with E-state index >= 15 is 0 Å². The molecule has 1 unspecified atom stereocenters. The molecule has 116 valence electrons. The molecule has 2 N–H and O–H groups in total. The van der Waals surface area contributed by atoms with Crippen LogP contribution in [-0.4, -0.2) is 16.9 Å². The van der Waals surface area contributed by atoms with Crippen molar-refractivity contribution in [1.82, 2.24) is 4.98 Å². The number of benzene rings is 2. The van der Waals surface area contributed by atoms with Crippen LogP contribution in [0.5, 0.6) is 0 Å². The Hall–Kier alpha value is -2.59. The fourth-order valence-corrected chi connectivity index (χ4v) is 2.48. The molecule has 3 aromatic rings. The normalized spacial score (nSPS) is 11.9. The standard InChI is InChI=1S/C18H16ClN3O/c1-12(18(23)22-14-5-3-2-4-6-14)21-16-9-10-20-17-11-13(19)7-8-15(16)17/h2-12H,1H3,(H,20,21)(H,22,23). The molecule has 5 heteroatoms. The van der Waals surface area contributed by atoms with Gasteiger partial charge in [-0.25, -0.2) is 0 Å². The highest BCUT2D eigenvalue weighted by Gasteiger charge is 2.14. The SMILES string of the molecule is CC(Nc1ccnc2cc(Cl)ccc12)C(=O)Nc1ccccc1. The van der Waals surface area contributed by atoms with Gasteiger partial charge in [0.05, 0.1) is 5.52 Å². The molecule has 23 heavy (non-hydrogen) atoms. The predicted molar refractivity (Wildman–Crippen MR) is 94.9 cm³/mol. The molecule has 0 aliphatic rings. The number of fused-ring (bicyclic) bond motifs is 1. The van der Waals surface area contributed by atoms with E-state index in [0.29, 0.717) is 5.02 Å². The zero-order valence-corrected chi connectivity index (χ0v) is 13.3. The number of nitrogens with one attached hydrogen (secondary N) is 2. The highest BCUT2D eigenvalue weighted by Crippen LogP contribution is 2.25. The van der Waals surface area contributed by atoms with Crippen LogP contribution in [0.15, 0.2) is 60.8 Å². The van der Waals surface area contributed by atoms with Crippen LogP contribution in [0.1, 0.15) is 6.92 Å². The third-order valence-corrected chi connectivity index (χ3v) is 3.75. The second kappa shape index (κ2) is 6.67. The molecular weight excluding hydrogens is 310 g/mol. The molecule has 2 aromatic carbocycles. The number of carbonyl (C=O) groups is 1. The van der Waals surface area contributed by atoms with Crippen molar-refractivity contribution >= 4 is 39.8 Å². The molecule has 1 atom stereocenters. The van der Waals surface area contributed by atoms with Gasteiger partial charge in [-0.3, -0.25) is 9.78 Å². The van der Waals surface area contributed by atoms with Gasteiger partial charge in [0.25, 0.3) is 0 Å². The molecule has 0 spiro atoms. The van der Waals surface area contributed by atoms with E-state index in [2.05, 4.69) is 15.6 Å². The summed E-state index contributed by atoms with van der Waals surface area (Å²) in [6, 6.07) is 16.4. The lowest BCUT2D eigenvalue weighted by molar-refractivity contribution is -0.116. The Labute approximate surface area is 139 Å². The molecule has 0 bridgehead atoms. The number of halogens is 1. The van der Waals surface area contributed by atoms with E-state index < -0.39 is 6.04 Å². The first kappa shape index (κ1) is 15.3. The fraction of sp³-hybridized carbons (Fsp3) is 0.111. The van der Waals surface area contributed by atoms with Crippen LogP contribution in [0.25, 0.3) is 10.9 Å². The third-order valence-electron chi connectivity index (χ3n) is 3.51. The summed E-state index contributed by atoms with van der Waals surface area (Å²) in [5, 5.41) is 7.67. The number of pyridine rings is 1. The molecule has 0 radical (unpaired) electrons. The first-order valence-electron chi connectivity index (χ1n) is 7.30. The van der Waals surface area contributed by atoms with Gasteiger partial charge in [-0.05, 0) is 43.3 Å².